The van der Waals surface area contributed by atoms with Crippen molar-refractivity contribution >= 4 is 17.3 Å². The van der Waals surface area contributed by atoms with Gasteiger partial charge in [-0.25, -0.2) is 9.07 Å². The first-order valence-corrected chi connectivity index (χ1v) is 27.2. The van der Waals surface area contributed by atoms with Crippen molar-refractivity contribution in [3.8, 4) is 10.6 Å². The molecule has 3 fully saturated rings. The summed E-state index contributed by atoms with van der Waals surface area (Å²) >= 11 is 1.44. The summed E-state index contributed by atoms with van der Waals surface area (Å²) in [5.74, 6) is -2.57. The van der Waals surface area contributed by atoms with Gasteiger partial charge in [0.15, 0.2) is 12.6 Å². The van der Waals surface area contributed by atoms with E-state index in [0.717, 1.165) is 16.1 Å². The minimum absolute atomic E-state index is 0.0172. The van der Waals surface area contributed by atoms with E-state index in [-0.39, 0.29) is 37.3 Å². The number of aliphatic hydroxyl groups excluding tert-OH is 2. The van der Waals surface area contributed by atoms with Crippen LogP contribution in [0.2, 0.25) is 0 Å². The first kappa shape index (κ1) is 60.1. The topological polar surface area (TPSA) is 226 Å². The summed E-state index contributed by atoms with van der Waals surface area (Å²) in [5, 5.41) is 65.2. The zero-order chi connectivity index (χ0) is 54.4. The Kier molecular flexibility index (Phi) is 20.7. The molecule has 1 aromatic carbocycles. The maximum absolute atomic E-state index is 14.9. The number of benzene rings is 1. The number of carbonyl (C=O) groups excluding carboxylic acids is 1. The highest BCUT2D eigenvalue weighted by molar-refractivity contribution is 7.12. The van der Waals surface area contributed by atoms with Crippen LogP contribution in [0.3, 0.4) is 0 Å². The van der Waals surface area contributed by atoms with Crippen molar-refractivity contribution < 1.29 is 62.8 Å². The number of nitrogens with zero attached hydrogens (tertiary/aromatic N) is 7. The number of hydrogen-bond acceptors (Lipinski definition) is 19. The standard InChI is InChI=1S/C53H86FN7O12S/c1-15-41-53(10,66)46(62)34(6)60(12)27-30(2)24-51(8,65)48(32(4)44(33(5)50(64)71-41)72-43-25-52(9,68-14)47(63)35(7)70-43)73-42-23-39(22-31(3)69-42)59(11)21-20-38-28-61(58-56-38)40(26-54)45(67-13)36-16-18-37(19-17-36)49-57-55-29-74-49/h16-19,28-35,39-48,62-63,65-66H,15,20-27H2,1-14H3/t30-,31-,32+,33-,34-,35+,39+,40-,41-,42+,43+,44+,45-,46-,47+,48-,51-,52-,53-/m1/s1. The predicted molar refractivity (Wildman–Crippen MR) is 276 cm³/mol. The van der Waals surface area contributed by atoms with Crippen LogP contribution in [-0.4, -0.2) is 194 Å². The Bertz CT molecular complexity index is 2190. The molecule has 3 aromatic rings. The summed E-state index contributed by atoms with van der Waals surface area (Å²) in [7, 11) is 6.97. The number of methoxy groups -OCH3 is 2. The number of cyclic esters (lactones) is 1. The van der Waals surface area contributed by atoms with Gasteiger partial charge in [0.1, 0.15) is 53.3 Å². The van der Waals surface area contributed by atoms with E-state index in [0.29, 0.717) is 38.0 Å². The van der Waals surface area contributed by atoms with Crippen LogP contribution in [-0.2, 0) is 44.4 Å². The molecule has 3 aliphatic heterocycles. The number of likely N-dealkylation sites (N-methyl/N-ethyl adjacent to an activating group) is 2. The molecule has 0 bridgehead atoms. The lowest BCUT2D eigenvalue weighted by Gasteiger charge is -2.48. The summed E-state index contributed by atoms with van der Waals surface area (Å²) in [6.45, 7) is 18.2. The van der Waals surface area contributed by atoms with Crippen molar-refractivity contribution in [3.63, 3.8) is 0 Å². The van der Waals surface area contributed by atoms with Crippen molar-refractivity contribution in [2.24, 2.45) is 17.8 Å². The summed E-state index contributed by atoms with van der Waals surface area (Å²) in [4.78, 5) is 18.7. The van der Waals surface area contributed by atoms with Crippen molar-refractivity contribution in [2.75, 3.05) is 48.1 Å². The SMILES string of the molecule is CC[C@H]1OC(=O)[C@H](C)[C@@H](O[C@H]2C[C@@](C)(OC)[C@@H](O)[C@H](C)O2)[C@H](C)[C@@H](O[C@H]2C[C@@H](N(C)CCc3cn([C@H](CF)[C@H](OC)c4ccc(-c5nncs5)cc4)nn3)C[C@@H](C)O2)[C@](C)(O)C[C@@H](C)CN(C)[C@H](C)[C@@H](O)[C@]1(C)O. The molecule has 2 aromatic heterocycles. The summed E-state index contributed by atoms with van der Waals surface area (Å²) < 4.78 is 60.9. The zero-order valence-corrected chi connectivity index (χ0v) is 46.9. The average Bonchev–Trinajstić information content (AvgIpc) is 4.08. The first-order chi connectivity index (χ1) is 34.9. The lowest BCUT2D eigenvalue weighted by atomic mass is 9.77. The van der Waals surface area contributed by atoms with Crippen LogP contribution >= 0.6 is 11.3 Å². The molecule has 0 saturated carbocycles. The highest BCUT2D eigenvalue weighted by Crippen LogP contribution is 2.41. The van der Waals surface area contributed by atoms with Gasteiger partial charge in [-0.05, 0) is 93.3 Å². The quantitative estimate of drug-likeness (QED) is 0.129. The number of halogens is 1. The number of esters is 1. The number of ether oxygens (including phenoxy) is 7. The number of aromatic nitrogens is 5. The van der Waals surface area contributed by atoms with Gasteiger partial charge in [-0.2, -0.15) is 0 Å². The number of carbonyl (C=O) groups is 1. The summed E-state index contributed by atoms with van der Waals surface area (Å²) in [6, 6.07) is 6.32. The predicted octanol–water partition coefficient (Wildman–Crippen LogP) is 5.55. The van der Waals surface area contributed by atoms with Crippen LogP contribution in [0.15, 0.2) is 36.0 Å². The van der Waals surface area contributed by atoms with E-state index in [1.165, 1.54) is 30.1 Å². The minimum Gasteiger partial charge on any atom is -0.459 e. The van der Waals surface area contributed by atoms with Crippen LogP contribution in [0.5, 0.6) is 0 Å². The molecule has 0 radical (unpaired) electrons. The zero-order valence-electron chi connectivity index (χ0n) is 46.0. The van der Waals surface area contributed by atoms with E-state index in [2.05, 4.69) is 25.4 Å². The van der Waals surface area contributed by atoms with E-state index in [1.54, 1.807) is 53.4 Å². The monoisotopic (exact) mass is 1060 g/mol. The fourth-order valence-electron chi connectivity index (χ4n) is 11.6. The molecular formula is C53H86FN7O12S. The number of hydrogen-bond donors (Lipinski definition) is 4. The summed E-state index contributed by atoms with van der Waals surface area (Å²) in [5.41, 5.74) is -0.335. The Balaban J connectivity index is 1.23. The molecule has 6 rings (SSSR count). The van der Waals surface area contributed by atoms with Crippen LogP contribution in [0, 0.1) is 17.8 Å². The molecule has 21 heteroatoms. The molecule has 0 aliphatic carbocycles. The normalized spacial score (nSPS) is 38.2. The third-order valence-corrected chi connectivity index (χ3v) is 17.0. The average molecular weight is 1060 g/mol. The second-order valence-electron chi connectivity index (χ2n) is 22.3. The molecule has 3 saturated heterocycles. The second-order valence-corrected chi connectivity index (χ2v) is 23.1. The van der Waals surface area contributed by atoms with E-state index in [1.807, 2.05) is 71.0 Å². The van der Waals surface area contributed by atoms with Crippen LogP contribution in [0.1, 0.15) is 125 Å². The number of aliphatic hydroxyl groups is 4. The molecule has 4 N–H and O–H groups in total. The van der Waals surface area contributed by atoms with Gasteiger partial charge in [0.2, 0.25) is 0 Å². The fraction of sp³-hybridized carbons (Fsp3) is 0.792. The minimum atomic E-state index is -1.82. The number of rotatable bonds is 16. The van der Waals surface area contributed by atoms with Crippen LogP contribution in [0.4, 0.5) is 4.39 Å². The van der Waals surface area contributed by atoms with Gasteiger partial charge in [0, 0.05) is 76.3 Å². The molecule has 19 nitrogen and oxygen atoms in total. The van der Waals surface area contributed by atoms with E-state index < -0.39 is 109 Å². The molecule has 418 valence electrons. The molecule has 0 spiro atoms. The molecule has 5 heterocycles. The second kappa shape index (κ2) is 25.5. The maximum atomic E-state index is 14.9. The van der Waals surface area contributed by atoms with Gasteiger partial charge < -0.3 is 63.4 Å². The van der Waals surface area contributed by atoms with Crippen molar-refractivity contribution in [2.45, 2.75) is 204 Å². The van der Waals surface area contributed by atoms with E-state index in [9.17, 15) is 29.6 Å². The van der Waals surface area contributed by atoms with Crippen molar-refractivity contribution in [3.05, 3.63) is 47.2 Å². The largest absolute Gasteiger partial charge is 0.459 e. The Morgan fingerprint density at radius 1 is 0.959 bits per heavy atom. The van der Waals surface area contributed by atoms with Gasteiger partial charge in [-0.3, -0.25) is 4.79 Å². The lowest BCUT2D eigenvalue weighted by molar-refractivity contribution is -0.308. The molecule has 19 atom stereocenters. The van der Waals surface area contributed by atoms with Gasteiger partial charge in [-0.1, -0.05) is 61.6 Å². The molecule has 3 aliphatic rings. The highest BCUT2D eigenvalue weighted by Gasteiger charge is 2.52. The van der Waals surface area contributed by atoms with Gasteiger partial charge in [0.05, 0.1) is 47.2 Å². The van der Waals surface area contributed by atoms with Crippen molar-refractivity contribution in [1.29, 1.82) is 0 Å². The van der Waals surface area contributed by atoms with E-state index >= 15 is 0 Å². The third kappa shape index (κ3) is 13.9. The Morgan fingerprint density at radius 2 is 1.66 bits per heavy atom. The highest BCUT2D eigenvalue weighted by atomic mass is 32.1. The lowest BCUT2D eigenvalue weighted by Crippen LogP contribution is -2.59. The number of alkyl halides is 1. The summed E-state index contributed by atoms with van der Waals surface area (Å²) in [6.07, 6.45) is -4.59. The first-order valence-electron chi connectivity index (χ1n) is 26.3. The molecule has 74 heavy (non-hydrogen) atoms. The fourth-order valence-corrected chi connectivity index (χ4v) is 12.2. The Morgan fingerprint density at radius 3 is 2.28 bits per heavy atom. The maximum Gasteiger partial charge on any atom is 0.311 e. The molecule has 0 unspecified atom stereocenters. The Hall–Kier alpha value is -3.16. The van der Waals surface area contributed by atoms with Gasteiger partial charge in [-0.15, -0.1) is 15.3 Å². The van der Waals surface area contributed by atoms with E-state index in [4.69, 9.17) is 33.2 Å². The van der Waals surface area contributed by atoms with Crippen molar-refractivity contribution in [1.82, 2.24) is 35.0 Å². The van der Waals surface area contributed by atoms with Crippen LogP contribution in [0.25, 0.3) is 10.6 Å². The van der Waals surface area contributed by atoms with Gasteiger partial charge >= 0.3 is 5.97 Å². The Labute approximate surface area is 441 Å². The van der Waals surface area contributed by atoms with Crippen LogP contribution < -0.4 is 0 Å². The third-order valence-electron chi connectivity index (χ3n) is 16.3. The van der Waals surface area contributed by atoms with Gasteiger partial charge in [0.25, 0.3) is 0 Å². The smallest absolute Gasteiger partial charge is 0.311 e. The molecular weight excluding hydrogens is 978 g/mol. The molecule has 0 amide bonds.